The second-order valence-electron chi connectivity index (χ2n) is 23.8. The average Bonchev–Trinajstić information content (AvgIpc) is 3.36. The lowest BCUT2D eigenvalue weighted by atomic mass is 9.68. The van der Waals surface area contributed by atoms with E-state index in [0.29, 0.717) is 55.3 Å². The largest absolute Gasteiger partial charge is 0.507 e. The van der Waals surface area contributed by atoms with Crippen LogP contribution in [0.1, 0.15) is 82.7 Å². The molecule has 13 heteroatoms. The number of piperidine rings is 2. The molecule has 71 heavy (non-hydrogen) atoms. The van der Waals surface area contributed by atoms with E-state index in [1.54, 1.807) is 0 Å². The monoisotopic (exact) mass is 977 g/mol. The van der Waals surface area contributed by atoms with E-state index in [1.807, 2.05) is 0 Å². The molecule has 3 aromatic carbocycles. The Bertz CT molecular complexity index is 1830. The van der Waals surface area contributed by atoms with E-state index >= 15 is 0 Å². The lowest BCUT2D eigenvalue weighted by Gasteiger charge is -2.38. The standard InChI is InChI=1S/C58H92N10O3/c1-58(52-34-46(32-44-8-12-59(2)13-9-44)55(69)48(36-52)40-65-24-16-61(4)17-25-65,53-35-47(33-45-10-14-60(3)15-11-45)56(70)49(37-53)41-66-26-18-62(5)19-27-66)54-38-50(42-67-28-20-63(6)21-29-67)57(71)51(39-54)43-68-30-22-64(7)23-31-68/h34-39,44-45,69-71H,8-33,40-43H2,1-7H3. The fourth-order valence-corrected chi connectivity index (χ4v) is 12.6. The summed E-state index contributed by atoms with van der Waals surface area (Å²) >= 11 is 0. The number of nitrogens with zero attached hydrogens (tertiary/aromatic N) is 10. The van der Waals surface area contributed by atoms with E-state index in [4.69, 9.17) is 0 Å². The van der Waals surface area contributed by atoms with Crippen LogP contribution in [0, 0.1) is 11.8 Å². The molecule has 6 fully saturated rings. The number of piperazine rings is 4. The van der Waals surface area contributed by atoms with Gasteiger partial charge in [-0.3, -0.25) is 19.6 Å². The van der Waals surface area contributed by atoms with Crippen LogP contribution in [0.25, 0.3) is 0 Å². The topological polar surface area (TPSA) is 93.1 Å². The lowest BCUT2D eigenvalue weighted by molar-refractivity contribution is 0.144. The van der Waals surface area contributed by atoms with Crippen LogP contribution in [0.2, 0.25) is 0 Å². The molecule has 0 radical (unpaired) electrons. The highest BCUT2D eigenvalue weighted by molar-refractivity contribution is 5.60. The minimum atomic E-state index is -0.709. The number of aromatic hydroxyl groups is 3. The highest BCUT2D eigenvalue weighted by Gasteiger charge is 2.37. The molecule has 0 aromatic heterocycles. The molecule has 0 bridgehead atoms. The van der Waals surface area contributed by atoms with Crippen molar-refractivity contribution in [3.8, 4) is 17.2 Å². The molecule has 6 aliphatic heterocycles. The summed E-state index contributed by atoms with van der Waals surface area (Å²) in [7, 11) is 13.3. The molecule has 6 saturated heterocycles. The molecule has 392 valence electrons. The quantitative estimate of drug-likeness (QED) is 0.181. The molecular formula is C58H92N10O3. The summed E-state index contributed by atoms with van der Waals surface area (Å²) in [6.45, 7) is 25.4. The Hall–Kier alpha value is -3.34. The lowest BCUT2D eigenvalue weighted by Crippen LogP contribution is -2.44. The van der Waals surface area contributed by atoms with Crippen molar-refractivity contribution in [2.24, 2.45) is 11.8 Å². The fraction of sp³-hybridized carbons (Fsp3) is 0.690. The molecule has 0 atom stereocenters. The minimum Gasteiger partial charge on any atom is -0.507 e. The van der Waals surface area contributed by atoms with Gasteiger partial charge in [0.2, 0.25) is 0 Å². The van der Waals surface area contributed by atoms with Crippen LogP contribution in [-0.2, 0) is 44.4 Å². The van der Waals surface area contributed by atoms with Crippen molar-refractivity contribution in [3.63, 3.8) is 0 Å². The van der Waals surface area contributed by atoms with Crippen LogP contribution in [0.5, 0.6) is 17.2 Å². The van der Waals surface area contributed by atoms with Gasteiger partial charge in [0, 0.05) is 159 Å². The van der Waals surface area contributed by atoms with Gasteiger partial charge in [-0.15, -0.1) is 0 Å². The second-order valence-corrected chi connectivity index (χ2v) is 23.8. The predicted octanol–water partition coefficient (Wildman–Crippen LogP) is 4.92. The molecule has 0 saturated carbocycles. The molecule has 0 spiro atoms. The van der Waals surface area contributed by atoms with Gasteiger partial charge in [-0.2, -0.15) is 0 Å². The van der Waals surface area contributed by atoms with Crippen molar-refractivity contribution in [2.75, 3.05) is 173 Å². The smallest absolute Gasteiger partial charge is 0.124 e. The first-order chi connectivity index (χ1) is 34.2. The third-order valence-corrected chi connectivity index (χ3v) is 18.2. The Balaban J connectivity index is 1.24. The van der Waals surface area contributed by atoms with Crippen LogP contribution < -0.4 is 0 Å². The number of phenols is 3. The minimum absolute atomic E-state index is 0.433. The summed E-state index contributed by atoms with van der Waals surface area (Å²) in [4.78, 5) is 24.6. The normalized spacial score (nSPS) is 23.0. The first-order valence-corrected chi connectivity index (χ1v) is 27.7. The van der Waals surface area contributed by atoms with E-state index in [1.165, 1.54) is 16.7 Å². The van der Waals surface area contributed by atoms with E-state index in [9.17, 15) is 15.3 Å². The van der Waals surface area contributed by atoms with E-state index in [0.717, 1.165) is 203 Å². The summed E-state index contributed by atoms with van der Waals surface area (Å²) in [5.41, 5.74) is 8.97. The maximum absolute atomic E-state index is 12.6. The molecule has 3 N–H and O–H groups in total. The van der Waals surface area contributed by atoms with Crippen LogP contribution in [0.4, 0.5) is 0 Å². The van der Waals surface area contributed by atoms with Gasteiger partial charge < -0.3 is 44.7 Å². The average molecular weight is 977 g/mol. The van der Waals surface area contributed by atoms with Crippen LogP contribution in [0.15, 0.2) is 36.4 Å². The van der Waals surface area contributed by atoms with Gasteiger partial charge in [-0.1, -0.05) is 12.1 Å². The van der Waals surface area contributed by atoms with Gasteiger partial charge in [-0.25, -0.2) is 0 Å². The molecule has 9 rings (SSSR count). The first-order valence-electron chi connectivity index (χ1n) is 27.7. The Morgan fingerprint density at radius 1 is 0.338 bits per heavy atom. The van der Waals surface area contributed by atoms with Gasteiger partial charge >= 0.3 is 0 Å². The van der Waals surface area contributed by atoms with Crippen molar-refractivity contribution < 1.29 is 15.3 Å². The SMILES string of the molecule is CN1CCC(Cc2cc(C(C)(c3cc(CC4CCN(C)CC4)c(O)c(CN4CCN(C)CC4)c3)c3cc(CN4CCN(C)CC4)c(O)c(CN4CCN(C)CC4)c3)cc(CN3CCN(C)CC3)c2O)CC1. The van der Waals surface area contributed by atoms with Crippen molar-refractivity contribution in [1.82, 2.24) is 49.0 Å². The second kappa shape index (κ2) is 23.5. The van der Waals surface area contributed by atoms with Crippen molar-refractivity contribution >= 4 is 0 Å². The number of likely N-dealkylation sites (tertiary alicyclic amines) is 2. The Labute approximate surface area is 428 Å². The number of likely N-dealkylation sites (N-methyl/N-ethyl adjacent to an activating group) is 4. The summed E-state index contributed by atoms with van der Waals surface area (Å²) in [5.74, 6) is 2.37. The summed E-state index contributed by atoms with van der Waals surface area (Å²) in [6, 6.07) is 14.2. The molecular weight excluding hydrogens is 885 g/mol. The maximum Gasteiger partial charge on any atom is 0.124 e. The van der Waals surface area contributed by atoms with Gasteiger partial charge in [0.05, 0.1) is 0 Å². The Morgan fingerprint density at radius 2 is 0.549 bits per heavy atom. The Kier molecular flexibility index (Phi) is 17.4. The van der Waals surface area contributed by atoms with Crippen molar-refractivity contribution in [1.29, 1.82) is 0 Å². The van der Waals surface area contributed by atoms with E-state index in [-0.39, 0.29) is 0 Å². The molecule has 3 aromatic rings. The fourth-order valence-electron chi connectivity index (χ4n) is 12.6. The van der Waals surface area contributed by atoms with E-state index < -0.39 is 5.41 Å². The number of phenolic OH excluding ortho intramolecular Hbond substituents is 3. The van der Waals surface area contributed by atoms with Crippen molar-refractivity contribution in [2.45, 2.75) is 77.0 Å². The molecule has 6 aliphatic rings. The summed E-state index contributed by atoms with van der Waals surface area (Å²) in [6.07, 6.45) is 6.21. The molecule has 13 nitrogen and oxygen atoms in total. The first kappa shape index (κ1) is 52.5. The van der Waals surface area contributed by atoms with Gasteiger partial charge in [0.25, 0.3) is 0 Å². The highest BCUT2D eigenvalue weighted by atomic mass is 16.3. The zero-order valence-corrected chi connectivity index (χ0v) is 45.1. The molecule has 0 aliphatic carbocycles. The summed E-state index contributed by atoms with van der Waals surface area (Å²) < 4.78 is 0. The third-order valence-electron chi connectivity index (χ3n) is 18.2. The number of benzene rings is 3. The Morgan fingerprint density at radius 3 is 0.803 bits per heavy atom. The zero-order chi connectivity index (χ0) is 49.8. The number of hydrogen-bond acceptors (Lipinski definition) is 13. The van der Waals surface area contributed by atoms with Gasteiger partial charge in [-0.05, 0) is 178 Å². The number of rotatable bonds is 15. The van der Waals surface area contributed by atoms with Crippen LogP contribution in [-0.4, -0.2) is 237 Å². The zero-order valence-electron chi connectivity index (χ0n) is 45.1. The molecule has 6 heterocycles. The van der Waals surface area contributed by atoms with Gasteiger partial charge in [0.1, 0.15) is 17.2 Å². The summed E-state index contributed by atoms with van der Waals surface area (Å²) in [5, 5.41) is 37.8. The van der Waals surface area contributed by atoms with Crippen LogP contribution >= 0.6 is 0 Å². The van der Waals surface area contributed by atoms with Crippen LogP contribution in [0.3, 0.4) is 0 Å². The predicted molar refractivity (Wildman–Crippen MR) is 289 cm³/mol. The van der Waals surface area contributed by atoms with Crippen molar-refractivity contribution in [3.05, 3.63) is 86.5 Å². The number of hydrogen-bond donors (Lipinski definition) is 3. The third kappa shape index (κ3) is 13.0. The molecule has 0 amide bonds. The highest BCUT2D eigenvalue weighted by Crippen LogP contribution is 2.47. The molecule has 0 unspecified atom stereocenters. The maximum atomic E-state index is 12.6. The van der Waals surface area contributed by atoms with E-state index in [2.05, 4.69) is 135 Å². The van der Waals surface area contributed by atoms with Gasteiger partial charge in [0.15, 0.2) is 0 Å².